The molecule has 0 aliphatic heterocycles. The van der Waals surface area contributed by atoms with Crippen LogP contribution in [0.15, 0.2) is 54.0 Å². The standard InChI is InChI=1S/C21H16ClFN4O2S/c1-26(2)20(29)18-11-30-21-25-17(10-27(18)21)12-3-6-14(7-4-12)24-19(28)13-5-8-16(23)15(22)9-13/h3-11H,1-2H3,(H,24,28). The van der Waals surface area contributed by atoms with Crippen LogP contribution in [0, 0.1) is 5.82 Å². The van der Waals surface area contributed by atoms with Crippen LogP contribution in [0.1, 0.15) is 20.8 Å². The lowest BCUT2D eigenvalue weighted by atomic mass is 10.1. The maximum absolute atomic E-state index is 13.3. The first-order valence-corrected chi connectivity index (χ1v) is 10.1. The van der Waals surface area contributed by atoms with E-state index >= 15 is 0 Å². The number of hydrogen-bond donors (Lipinski definition) is 1. The van der Waals surface area contributed by atoms with E-state index in [0.29, 0.717) is 11.4 Å². The predicted octanol–water partition coefficient (Wildman–Crippen LogP) is 4.81. The van der Waals surface area contributed by atoms with Gasteiger partial charge >= 0.3 is 0 Å². The lowest BCUT2D eigenvalue weighted by Gasteiger charge is -2.08. The van der Waals surface area contributed by atoms with Gasteiger partial charge in [-0.1, -0.05) is 23.7 Å². The molecule has 0 fully saturated rings. The van der Waals surface area contributed by atoms with Crippen LogP contribution in [0.3, 0.4) is 0 Å². The fourth-order valence-corrected chi connectivity index (χ4v) is 3.90. The molecule has 0 atom stereocenters. The Hall–Kier alpha value is -3.23. The van der Waals surface area contributed by atoms with Crippen molar-refractivity contribution in [3.05, 3.63) is 76.1 Å². The van der Waals surface area contributed by atoms with Crippen LogP contribution in [0.5, 0.6) is 0 Å². The second kappa shape index (κ2) is 7.89. The molecule has 4 aromatic rings. The molecule has 4 rings (SSSR count). The number of nitrogens with zero attached hydrogens (tertiary/aromatic N) is 3. The number of carbonyl (C=O) groups excluding carboxylic acids is 2. The Morgan fingerprint density at radius 1 is 1.17 bits per heavy atom. The maximum Gasteiger partial charge on any atom is 0.271 e. The van der Waals surface area contributed by atoms with Crippen molar-refractivity contribution in [2.24, 2.45) is 0 Å². The van der Waals surface area contributed by atoms with Crippen molar-refractivity contribution < 1.29 is 14.0 Å². The topological polar surface area (TPSA) is 66.7 Å². The fourth-order valence-electron chi connectivity index (χ4n) is 2.87. The number of amides is 2. The molecule has 2 heterocycles. The van der Waals surface area contributed by atoms with Crippen molar-refractivity contribution in [3.8, 4) is 11.3 Å². The van der Waals surface area contributed by atoms with Crippen LogP contribution in [0.2, 0.25) is 5.02 Å². The van der Waals surface area contributed by atoms with Crippen molar-refractivity contribution in [2.75, 3.05) is 19.4 Å². The Labute approximate surface area is 180 Å². The second-order valence-electron chi connectivity index (χ2n) is 6.76. The number of fused-ring (bicyclic) bond motifs is 1. The molecule has 0 saturated heterocycles. The van der Waals surface area contributed by atoms with Gasteiger partial charge in [-0.2, -0.15) is 0 Å². The van der Waals surface area contributed by atoms with Crippen LogP contribution in [0.4, 0.5) is 10.1 Å². The van der Waals surface area contributed by atoms with Crippen molar-refractivity contribution in [1.82, 2.24) is 14.3 Å². The van der Waals surface area contributed by atoms with Gasteiger partial charge in [0.05, 0.1) is 10.7 Å². The van der Waals surface area contributed by atoms with Gasteiger partial charge in [-0.15, -0.1) is 11.3 Å². The molecule has 2 amide bonds. The highest BCUT2D eigenvalue weighted by Crippen LogP contribution is 2.25. The molecule has 0 unspecified atom stereocenters. The molecule has 0 aliphatic carbocycles. The Morgan fingerprint density at radius 2 is 1.90 bits per heavy atom. The summed E-state index contributed by atoms with van der Waals surface area (Å²) in [4.78, 5) is 31.4. The van der Waals surface area contributed by atoms with Gasteiger partial charge in [0.25, 0.3) is 11.8 Å². The Morgan fingerprint density at radius 3 is 2.57 bits per heavy atom. The second-order valence-corrected chi connectivity index (χ2v) is 8.00. The van der Waals surface area contributed by atoms with E-state index in [2.05, 4.69) is 10.3 Å². The summed E-state index contributed by atoms with van der Waals surface area (Å²) in [6.45, 7) is 0. The molecule has 9 heteroatoms. The molecular formula is C21H16ClFN4O2S. The smallest absolute Gasteiger partial charge is 0.271 e. The van der Waals surface area contributed by atoms with Crippen LogP contribution in [-0.2, 0) is 0 Å². The number of rotatable bonds is 4. The molecule has 30 heavy (non-hydrogen) atoms. The number of carbonyl (C=O) groups is 2. The van der Waals surface area contributed by atoms with Gasteiger partial charge in [0, 0.05) is 42.5 Å². The van der Waals surface area contributed by atoms with Crippen molar-refractivity contribution in [1.29, 1.82) is 0 Å². The summed E-state index contributed by atoms with van der Waals surface area (Å²) >= 11 is 7.13. The zero-order valence-electron chi connectivity index (χ0n) is 16.0. The fraction of sp³-hybridized carbons (Fsp3) is 0.0952. The molecule has 0 aliphatic rings. The molecule has 2 aromatic heterocycles. The van der Waals surface area contributed by atoms with Crippen LogP contribution >= 0.6 is 22.9 Å². The van der Waals surface area contributed by atoms with Gasteiger partial charge in [-0.05, 0) is 30.3 Å². The first-order valence-electron chi connectivity index (χ1n) is 8.88. The highest BCUT2D eigenvalue weighted by atomic mass is 35.5. The van der Waals surface area contributed by atoms with E-state index in [1.165, 1.54) is 28.4 Å². The first kappa shape index (κ1) is 20.1. The van der Waals surface area contributed by atoms with Gasteiger partial charge in [-0.25, -0.2) is 9.37 Å². The van der Waals surface area contributed by atoms with Gasteiger partial charge < -0.3 is 10.2 Å². The summed E-state index contributed by atoms with van der Waals surface area (Å²) in [6, 6.07) is 11.0. The first-order chi connectivity index (χ1) is 14.3. The van der Waals surface area contributed by atoms with Crippen molar-refractivity contribution in [3.63, 3.8) is 0 Å². The summed E-state index contributed by atoms with van der Waals surface area (Å²) in [6.07, 6.45) is 1.82. The molecule has 0 radical (unpaired) electrons. The van der Waals surface area contributed by atoms with E-state index in [1.807, 2.05) is 18.3 Å². The summed E-state index contributed by atoms with van der Waals surface area (Å²) in [5.74, 6) is -1.06. The van der Waals surface area contributed by atoms with Gasteiger partial charge in [0.2, 0.25) is 0 Å². The van der Waals surface area contributed by atoms with Crippen LogP contribution in [-0.4, -0.2) is 40.2 Å². The largest absolute Gasteiger partial charge is 0.343 e. The van der Waals surface area contributed by atoms with Crippen molar-refractivity contribution in [2.45, 2.75) is 0 Å². The lowest BCUT2D eigenvalue weighted by Crippen LogP contribution is -2.22. The summed E-state index contributed by atoms with van der Waals surface area (Å²) in [5.41, 5.74) is 2.96. The zero-order valence-corrected chi connectivity index (χ0v) is 17.6. The SMILES string of the molecule is CN(C)C(=O)c1csc2nc(-c3ccc(NC(=O)c4ccc(F)c(Cl)c4)cc3)cn12. The minimum Gasteiger partial charge on any atom is -0.343 e. The molecule has 6 nitrogen and oxygen atoms in total. The molecule has 1 N–H and O–H groups in total. The Balaban J connectivity index is 1.54. The Bertz CT molecular complexity index is 1260. The molecule has 0 spiro atoms. The normalized spacial score (nSPS) is 10.9. The quantitative estimate of drug-likeness (QED) is 0.493. The number of hydrogen-bond acceptors (Lipinski definition) is 4. The third-order valence-corrected chi connectivity index (χ3v) is 5.58. The average Bonchev–Trinajstić information content (AvgIpc) is 3.31. The highest BCUT2D eigenvalue weighted by Gasteiger charge is 2.16. The molecule has 2 aromatic carbocycles. The van der Waals surface area contributed by atoms with E-state index in [9.17, 15) is 14.0 Å². The minimum absolute atomic E-state index is 0.0934. The average molecular weight is 443 g/mol. The number of benzene rings is 2. The molecule has 0 saturated carbocycles. The van der Waals surface area contributed by atoms with Crippen LogP contribution in [0.25, 0.3) is 16.2 Å². The molecular weight excluding hydrogens is 427 g/mol. The predicted molar refractivity (Wildman–Crippen MR) is 116 cm³/mol. The molecule has 0 bridgehead atoms. The summed E-state index contributed by atoms with van der Waals surface area (Å²) in [5, 5.41) is 4.43. The van der Waals surface area contributed by atoms with E-state index in [4.69, 9.17) is 11.6 Å². The van der Waals surface area contributed by atoms with E-state index in [1.54, 1.807) is 36.0 Å². The highest BCUT2D eigenvalue weighted by molar-refractivity contribution is 7.15. The maximum atomic E-state index is 13.3. The van der Waals surface area contributed by atoms with Crippen molar-refractivity contribution >= 4 is 45.4 Å². The number of thiazole rings is 1. The Kier molecular flexibility index (Phi) is 5.27. The van der Waals surface area contributed by atoms with Gasteiger partial charge in [0.1, 0.15) is 11.5 Å². The lowest BCUT2D eigenvalue weighted by molar-refractivity contribution is 0.0821. The molecule has 152 valence electrons. The monoisotopic (exact) mass is 442 g/mol. The third-order valence-electron chi connectivity index (χ3n) is 4.45. The van der Waals surface area contributed by atoms with Crippen LogP contribution < -0.4 is 5.32 Å². The summed E-state index contributed by atoms with van der Waals surface area (Å²) < 4.78 is 15.0. The van der Waals surface area contributed by atoms with Gasteiger partial charge in [0.15, 0.2) is 4.96 Å². The number of nitrogens with one attached hydrogen (secondary N) is 1. The zero-order chi connectivity index (χ0) is 21.4. The van der Waals surface area contributed by atoms with Gasteiger partial charge in [-0.3, -0.25) is 14.0 Å². The number of aromatic nitrogens is 2. The third kappa shape index (κ3) is 3.79. The minimum atomic E-state index is -0.576. The summed E-state index contributed by atoms with van der Waals surface area (Å²) in [7, 11) is 3.41. The number of halogens is 2. The van der Waals surface area contributed by atoms with E-state index in [0.717, 1.165) is 22.3 Å². The van der Waals surface area contributed by atoms with E-state index < -0.39 is 5.82 Å². The number of imidazole rings is 1. The number of anilines is 1. The van der Waals surface area contributed by atoms with E-state index in [-0.39, 0.29) is 22.4 Å².